The summed E-state index contributed by atoms with van der Waals surface area (Å²) in [7, 11) is 0.137. The Balaban J connectivity index is 0.000000905. The van der Waals surface area contributed by atoms with E-state index < -0.39 is 15.4 Å². The van der Waals surface area contributed by atoms with Gasteiger partial charge in [-0.1, -0.05) is 38.9 Å². The second-order valence-electron chi connectivity index (χ2n) is 13.0. The van der Waals surface area contributed by atoms with Crippen molar-refractivity contribution in [3.63, 3.8) is 0 Å². The van der Waals surface area contributed by atoms with Crippen LogP contribution in [0.15, 0.2) is 24.3 Å². The third-order valence-electron chi connectivity index (χ3n) is 8.01. The Morgan fingerprint density at radius 1 is 0.447 bits per heavy atom. The Morgan fingerprint density at radius 3 is 0.816 bits per heavy atom. The zero-order valence-electron chi connectivity index (χ0n) is 27.9. The Hall–Kier alpha value is -0.800. The third-order valence-corrected chi connectivity index (χ3v) is 14.5. The first kappa shape index (κ1) is 35.2. The molecule has 0 amide bonds. The zero-order valence-corrected chi connectivity index (χ0v) is 31.0. The molecule has 213 valence electrons. The molecular formula is C36H61GeSi. The average Bonchev–Trinajstić information content (AvgIpc) is 2.84. The van der Waals surface area contributed by atoms with Crippen molar-refractivity contribution < 1.29 is 0 Å². The summed E-state index contributed by atoms with van der Waals surface area (Å²) in [6.07, 6.45) is 0. The summed E-state index contributed by atoms with van der Waals surface area (Å²) in [4.78, 5) is 0. The fraction of sp³-hybridized carbons (Fsp3) is 0.667. The van der Waals surface area contributed by atoms with Gasteiger partial charge in [-0.25, -0.2) is 0 Å². The second-order valence-corrected chi connectivity index (χ2v) is 19.3. The fourth-order valence-electron chi connectivity index (χ4n) is 5.08. The van der Waals surface area contributed by atoms with Crippen molar-refractivity contribution >= 4 is 33.0 Å². The topological polar surface area (TPSA) is 0 Å². The van der Waals surface area contributed by atoms with Gasteiger partial charge in [-0.15, -0.1) is 0 Å². The molecule has 2 aromatic rings. The van der Waals surface area contributed by atoms with E-state index in [4.69, 9.17) is 0 Å². The summed E-state index contributed by atoms with van der Waals surface area (Å²) >= 11 is -0.436. The molecule has 3 radical (unpaired) electrons. The predicted octanol–water partition coefficient (Wildman–Crippen LogP) is 10.6. The van der Waals surface area contributed by atoms with Crippen LogP contribution < -0.4 is 8.79 Å². The summed E-state index contributed by atoms with van der Waals surface area (Å²) in [6.45, 7) is 35.3. The van der Waals surface area contributed by atoms with Gasteiger partial charge in [0.1, 0.15) is 0 Å². The smallest absolute Gasteiger partial charge is 0.0470 e. The molecule has 0 aliphatic rings. The van der Waals surface area contributed by atoms with Crippen LogP contribution in [0.5, 0.6) is 0 Å². The first-order chi connectivity index (χ1) is 17.7. The quantitative estimate of drug-likeness (QED) is 0.227. The molecule has 2 heteroatoms. The van der Waals surface area contributed by atoms with E-state index in [1.165, 1.54) is 29.3 Å². The van der Waals surface area contributed by atoms with Gasteiger partial charge in [0.05, 0.1) is 0 Å². The van der Waals surface area contributed by atoms with Crippen molar-refractivity contribution in [1.29, 1.82) is 0 Å². The van der Waals surface area contributed by atoms with Gasteiger partial charge in [0.15, 0.2) is 0 Å². The molecule has 0 bridgehead atoms. The molecule has 0 saturated heterocycles. The van der Waals surface area contributed by atoms with Gasteiger partial charge in [-0.05, 0) is 0 Å². The Labute approximate surface area is 247 Å². The number of hydrogen-bond acceptors (Lipinski definition) is 0. The van der Waals surface area contributed by atoms with Crippen LogP contribution in [0.1, 0.15) is 173 Å². The van der Waals surface area contributed by atoms with Gasteiger partial charge in [-0.2, -0.15) is 0 Å². The molecular weight excluding hydrogens is 533 g/mol. The molecule has 2 aromatic carbocycles. The van der Waals surface area contributed by atoms with Crippen LogP contribution in [-0.2, 0) is 0 Å². The van der Waals surface area contributed by atoms with Gasteiger partial charge >= 0.3 is 200 Å². The molecule has 0 unspecified atom stereocenters. The first-order valence-electron chi connectivity index (χ1n) is 15.7. The molecule has 0 atom stereocenters. The normalized spacial score (nSPS) is 12.1. The summed E-state index contributed by atoms with van der Waals surface area (Å²) in [5, 5.41) is 0. The van der Waals surface area contributed by atoms with Crippen LogP contribution in [0.4, 0.5) is 0 Å². The van der Waals surface area contributed by atoms with Crippen molar-refractivity contribution in [3.05, 3.63) is 57.6 Å². The van der Waals surface area contributed by atoms with Crippen LogP contribution >= 0.6 is 0 Å². The van der Waals surface area contributed by atoms with E-state index in [1.807, 2.05) is 0 Å². The standard InChI is InChI=1S/C30H46Ge.C6H15Si/c1-17(2)23-13-25(19(5)6)29(26(14-23)20(7)8)31-30-27(21(9)10)15-24(18(3)4)16-28(30)22(11)12;1-4-7(5-2)6-3/h13-22H,1-12H3;4-6H2,1-3H3. The Morgan fingerprint density at radius 2 is 0.684 bits per heavy atom. The van der Waals surface area contributed by atoms with Gasteiger partial charge in [0, 0.05) is 8.80 Å². The molecule has 0 aromatic heterocycles. The van der Waals surface area contributed by atoms with E-state index in [9.17, 15) is 0 Å². The van der Waals surface area contributed by atoms with Crippen molar-refractivity contribution in [2.24, 2.45) is 0 Å². The van der Waals surface area contributed by atoms with Crippen LogP contribution in [0.2, 0.25) is 18.1 Å². The summed E-state index contributed by atoms with van der Waals surface area (Å²) in [5.74, 6) is 3.41. The summed E-state index contributed by atoms with van der Waals surface area (Å²) < 4.78 is 3.41. The van der Waals surface area contributed by atoms with Gasteiger partial charge in [-0.3, -0.25) is 0 Å². The van der Waals surface area contributed by atoms with Crippen LogP contribution in [0.25, 0.3) is 0 Å². The first-order valence-corrected chi connectivity index (χ1v) is 19.9. The van der Waals surface area contributed by atoms with E-state index >= 15 is 0 Å². The average molecular weight is 595 g/mol. The summed E-state index contributed by atoms with van der Waals surface area (Å²) in [6, 6.07) is 14.5. The molecule has 0 heterocycles. The van der Waals surface area contributed by atoms with Crippen LogP contribution in [0, 0.1) is 0 Å². The number of benzene rings is 2. The van der Waals surface area contributed by atoms with E-state index in [0.717, 1.165) is 0 Å². The minimum atomic E-state index is -0.436. The minimum Gasteiger partial charge on any atom is -0.0680 e. The maximum absolute atomic E-state index is 2.53. The summed E-state index contributed by atoms with van der Waals surface area (Å²) in [5.41, 5.74) is 9.43. The van der Waals surface area contributed by atoms with E-state index in [1.54, 1.807) is 31.0 Å². The zero-order chi connectivity index (χ0) is 29.3. The molecule has 2 rings (SSSR count). The minimum absolute atomic E-state index is 0.137. The van der Waals surface area contributed by atoms with Crippen molar-refractivity contribution in [2.75, 3.05) is 0 Å². The molecule has 0 aliphatic carbocycles. The van der Waals surface area contributed by atoms with E-state index in [2.05, 4.69) is 128 Å². The molecule has 38 heavy (non-hydrogen) atoms. The molecule has 0 fully saturated rings. The van der Waals surface area contributed by atoms with Gasteiger partial charge in [0.2, 0.25) is 0 Å². The maximum atomic E-state index is 2.53. The maximum Gasteiger partial charge on any atom is 0.0470 e. The second kappa shape index (κ2) is 16.5. The Kier molecular flexibility index (Phi) is 15.3. The molecule has 0 aliphatic heterocycles. The third kappa shape index (κ3) is 9.68. The van der Waals surface area contributed by atoms with Gasteiger partial charge in [0.25, 0.3) is 0 Å². The number of rotatable bonds is 11. The SMILES string of the molecule is CC(C)c1cc(C(C)C)[c]([Ge][c]2c(C(C)C)cc(C(C)C)cc2C(C)C)c(C(C)C)c1.CC[Si](CC)CC. The van der Waals surface area contributed by atoms with Crippen LogP contribution in [0.3, 0.4) is 0 Å². The largest absolute Gasteiger partial charge is 0.0680 e. The van der Waals surface area contributed by atoms with Crippen molar-refractivity contribution in [2.45, 2.75) is 157 Å². The van der Waals surface area contributed by atoms with Crippen molar-refractivity contribution in [1.82, 2.24) is 0 Å². The Bertz CT molecular complexity index is 840. The fourth-order valence-corrected chi connectivity index (χ4v) is 11.3. The molecule has 0 spiro atoms. The van der Waals surface area contributed by atoms with Crippen LogP contribution in [-0.4, -0.2) is 24.2 Å². The number of hydrogen-bond donors (Lipinski definition) is 0. The van der Waals surface area contributed by atoms with E-state index in [0.29, 0.717) is 35.5 Å². The van der Waals surface area contributed by atoms with Gasteiger partial charge < -0.3 is 0 Å². The van der Waals surface area contributed by atoms with Crippen molar-refractivity contribution in [3.8, 4) is 0 Å². The van der Waals surface area contributed by atoms with E-state index in [-0.39, 0.29) is 8.80 Å². The predicted molar refractivity (Wildman–Crippen MR) is 180 cm³/mol. The molecule has 0 saturated carbocycles. The molecule has 0 nitrogen and oxygen atoms in total. The monoisotopic (exact) mass is 595 g/mol. The molecule has 0 N–H and O–H groups in total.